The minimum absolute atomic E-state index is 0.0492. The predicted molar refractivity (Wildman–Crippen MR) is 152 cm³/mol. The van der Waals surface area contributed by atoms with Crippen LogP contribution in [0, 0.1) is 0 Å². The third-order valence-corrected chi connectivity index (χ3v) is 7.08. The van der Waals surface area contributed by atoms with Crippen molar-refractivity contribution in [1.82, 2.24) is 0 Å². The summed E-state index contributed by atoms with van der Waals surface area (Å²) >= 11 is 0. The van der Waals surface area contributed by atoms with Crippen molar-refractivity contribution in [3.05, 3.63) is 0 Å². The summed E-state index contributed by atoms with van der Waals surface area (Å²) in [7, 11) is 0. The van der Waals surface area contributed by atoms with Crippen LogP contribution in [0.5, 0.6) is 0 Å². The van der Waals surface area contributed by atoms with E-state index in [1.165, 1.54) is 89.9 Å². The van der Waals surface area contributed by atoms with Gasteiger partial charge in [0.25, 0.3) is 0 Å². The number of carbonyl (C=O) groups is 2. The Balaban J connectivity index is 4.02. The molecule has 0 saturated carbocycles. The van der Waals surface area contributed by atoms with Crippen LogP contribution in [-0.2, 0) is 19.1 Å². The van der Waals surface area contributed by atoms with Gasteiger partial charge in [-0.05, 0) is 12.8 Å². The number of rotatable bonds is 28. The molecule has 0 aliphatic carbocycles. The van der Waals surface area contributed by atoms with Gasteiger partial charge in [0.05, 0.1) is 6.61 Å². The largest absolute Gasteiger partial charge is 0.403 e. The molecule has 1 unspecified atom stereocenters. The molecule has 0 aromatic carbocycles. The predicted octanol–water partition coefficient (Wildman–Crippen LogP) is 7.47. The fourth-order valence-corrected chi connectivity index (χ4v) is 4.57. The van der Waals surface area contributed by atoms with Crippen LogP contribution in [-0.4, -0.2) is 45.9 Å². The third kappa shape index (κ3) is 21.7. The number of esters is 2. The van der Waals surface area contributed by atoms with E-state index >= 15 is 0 Å². The number of ether oxygens (including phenoxy) is 2. The summed E-state index contributed by atoms with van der Waals surface area (Å²) in [6, 6.07) is 0. The second-order valence-corrected chi connectivity index (χ2v) is 10.8. The van der Waals surface area contributed by atoms with Crippen molar-refractivity contribution in [1.29, 1.82) is 0 Å². The molecule has 0 heterocycles. The highest BCUT2D eigenvalue weighted by Gasteiger charge is 2.44. The maximum atomic E-state index is 12.2. The molecule has 0 rings (SSSR count). The second kappa shape index (κ2) is 26.1. The Morgan fingerprint density at radius 1 is 0.553 bits per heavy atom. The second-order valence-electron chi connectivity index (χ2n) is 10.8. The van der Waals surface area contributed by atoms with E-state index in [0.717, 1.165) is 38.5 Å². The van der Waals surface area contributed by atoms with Crippen LogP contribution in [0.3, 0.4) is 0 Å². The zero-order valence-corrected chi connectivity index (χ0v) is 24.7. The molecule has 7 heteroatoms. The summed E-state index contributed by atoms with van der Waals surface area (Å²) in [5, 5.41) is 29.7. The molecule has 0 aliphatic heterocycles. The first-order valence-corrected chi connectivity index (χ1v) is 15.8. The standard InChI is InChI=1S/C31H60O7/c1-3-5-7-9-11-13-15-17-19-21-23-25-29(34)37-31(36,28(33)27-32)38-30(35)26-24-22-20-18-16-14-12-10-8-6-4-2/h28,32-33,36H,3-27H2,1-2H3. The number of hydrogen-bond donors (Lipinski definition) is 3. The van der Waals surface area contributed by atoms with E-state index in [9.17, 15) is 24.9 Å². The molecule has 0 fully saturated rings. The third-order valence-electron chi connectivity index (χ3n) is 7.08. The summed E-state index contributed by atoms with van der Waals surface area (Å²) in [5.74, 6) is -4.39. The molecule has 0 aromatic heterocycles. The lowest BCUT2D eigenvalue weighted by atomic mass is 10.1. The Labute approximate surface area is 233 Å². The summed E-state index contributed by atoms with van der Waals surface area (Å²) in [4.78, 5) is 24.4. The minimum atomic E-state index is -2.86. The van der Waals surface area contributed by atoms with Crippen LogP contribution in [0.25, 0.3) is 0 Å². The summed E-state index contributed by atoms with van der Waals surface area (Å²) in [6.07, 6.45) is 23.3. The van der Waals surface area contributed by atoms with Crippen LogP contribution >= 0.6 is 0 Å². The molecule has 38 heavy (non-hydrogen) atoms. The average Bonchev–Trinajstić information content (AvgIpc) is 2.89. The SMILES string of the molecule is CCCCCCCCCCCCCC(=O)OC(O)(OC(=O)CCCCCCCCCCCCC)C(O)CO. The van der Waals surface area contributed by atoms with E-state index in [-0.39, 0.29) is 12.8 Å². The van der Waals surface area contributed by atoms with Gasteiger partial charge in [-0.1, -0.05) is 142 Å². The Hall–Kier alpha value is -1.18. The molecular weight excluding hydrogens is 484 g/mol. The molecule has 1 atom stereocenters. The van der Waals surface area contributed by atoms with Crippen molar-refractivity contribution >= 4 is 11.9 Å². The summed E-state index contributed by atoms with van der Waals surface area (Å²) in [5.41, 5.74) is 0. The van der Waals surface area contributed by atoms with E-state index in [2.05, 4.69) is 13.8 Å². The van der Waals surface area contributed by atoms with Crippen LogP contribution < -0.4 is 0 Å². The Morgan fingerprint density at radius 3 is 1.08 bits per heavy atom. The van der Waals surface area contributed by atoms with Crippen LogP contribution in [0.4, 0.5) is 0 Å². The first-order chi connectivity index (χ1) is 18.4. The van der Waals surface area contributed by atoms with Crippen LogP contribution in [0.15, 0.2) is 0 Å². The highest BCUT2D eigenvalue weighted by Crippen LogP contribution is 2.20. The monoisotopic (exact) mass is 544 g/mol. The number of aliphatic hydroxyl groups excluding tert-OH is 2. The molecule has 0 amide bonds. The maximum absolute atomic E-state index is 12.2. The van der Waals surface area contributed by atoms with Gasteiger partial charge in [-0.25, -0.2) is 0 Å². The molecular formula is C31H60O7. The van der Waals surface area contributed by atoms with Crippen molar-refractivity contribution < 1.29 is 34.4 Å². The van der Waals surface area contributed by atoms with Gasteiger partial charge < -0.3 is 24.8 Å². The lowest BCUT2D eigenvalue weighted by molar-refractivity contribution is -0.364. The summed E-state index contributed by atoms with van der Waals surface area (Å²) < 4.78 is 9.85. The van der Waals surface area contributed by atoms with Crippen molar-refractivity contribution in [2.75, 3.05) is 6.61 Å². The van der Waals surface area contributed by atoms with E-state index in [1.54, 1.807) is 0 Å². The number of unbranched alkanes of at least 4 members (excludes halogenated alkanes) is 20. The zero-order chi connectivity index (χ0) is 28.3. The quantitative estimate of drug-likeness (QED) is 0.0531. The first-order valence-electron chi connectivity index (χ1n) is 15.8. The van der Waals surface area contributed by atoms with E-state index in [1.807, 2.05) is 0 Å². The average molecular weight is 545 g/mol. The molecule has 0 aromatic rings. The van der Waals surface area contributed by atoms with Gasteiger partial charge in [0.2, 0.25) is 0 Å². The first kappa shape index (κ1) is 36.8. The Kier molecular flexibility index (Phi) is 25.3. The highest BCUT2D eigenvalue weighted by atomic mass is 16.8. The topological polar surface area (TPSA) is 113 Å². The molecule has 0 bridgehead atoms. The zero-order valence-electron chi connectivity index (χ0n) is 24.7. The fourth-order valence-electron chi connectivity index (χ4n) is 4.57. The molecule has 0 aliphatic rings. The number of hydrogen-bond acceptors (Lipinski definition) is 7. The normalized spacial score (nSPS) is 12.4. The molecule has 3 N–H and O–H groups in total. The van der Waals surface area contributed by atoms with Gasteiger partial charge in [-0.2, -0.15) is 0 Å². The molecule has 0 saturated heterocycles. The van der Waals surface area contributed by atoms with Gasteiger partial charge >= 0.3 is 17.9 Å². The van der Waals surface area contributed by atoms with E-state index in [4.69, 9.17) is 9.47 Å². The van der Waals surface area contributed by atoms with Gasteiger partial charge in [0, 0.05) is 12.8 Å². The Morgan fingerprint density at radius 2 is 0.816 bits per heavy atom. The molecule has 7 nitrogen and oxygen atoms in total. The van der Waals surface area contributed by atoms with E-state index in [0.29, 0.717) is 12.8 Å². The smallest absolute Gasteiger partial charge is 0.396 e. The minimum Gasteiger partial charge on any atom is -0.396 e. The van der Waals surface area contributed by atoms with Gasteiger partial charge in [-0.3, -0.25) is 9.59 Å². The number of carbonyl (C=O) groups excluding carboxylic acids is 2. The highest BCUT2D eigenvalue weighted by molar-refractivity contribution is 5.71. The van der Waals surface area contributed by atoms with Crippen LogP contribution in [0.1, 0.15) is 168 Å². The van der Waals surface area contributed by atoms with Crippen molar-refractivity contribution in [2.45, 2.75) is 180 Å². The Bertz CT molecular complexity index is 512. The van der Waals surface area contributed by atoms with Gasteiger partial charge in [0.1, 0.15) is 0 Å². The van der Waals surface area contributed by atoms with Crippen molar-refractivity contribution in [2.24, 2.45) is 0 Å². The van der Waals surface area contributed by atoms with Crippen molar-refractivity contribution in [3.63, 3.8) is 0 Å². The molecule has 226 valence electrons. The molecule has 0 spiro atoms. The van der Waals surface area contributed by atoms with Crippen molar-refractivity contribution in [3.8, 4) is 0 Å². The van der Waals surface area contributed by atoms with E-state index < -0.39 is 30.6 Å². The van der Waals surface area contributed by atoms with Gasteiger partial charge in [0.15, 0.2) is 6.10 Å². The fraction of sp³-hybridized carbons (Fsp3) is 0.935. The van der Waals surface area contributed by atoms with Gasteiger partial charge in [-0.15, -0.1) is 0 Å². The summed E-state index contributed by atoms with van der Waals surface area (Å²) in [6.45, 7) is 3.53. The number of aliphatic hydroxyl groups is 3. The van der Waals surface area contributed by atoms with Crippen LogP contribution in [0.2, 0.25) is 0 Å². The lowest BCUT2D eigenvalue weighted by Crippen LogP contribution is -2.51. The maximum Gasteiger partial charge on any atom is 0.403 e. The lowest BCUT2D eigenvalue weighted by Gasteiger charge is -2.30. The molecule has 0 radical (unpaired) electrons.